The molecule has 7 nitrogen and oxygen atoms in total. The lowest BCUT2D eigenvalue weighted by Crippen LogP contribution is -2.22. The SMILES string of the molecule is O=C(Nc1ccc(F)c(Cl)c1)c1oc2ccccc2c1NC(=O)c1cc2ccccc2oc1=O. The zero-order chi connectivity index (χ0) is 23.8. The Morgan fingerprint density at radius 2 is 1.56 bits per heavy atom. The molecule has 168 valence electrons. The number of carbonyl (C=O) groups excluding carboxylic acids is 2. The minimum Gasteiger partial charge on any atom is -0.449 e. The third-order valence-electron chi connectivity index (χ3n) is 5.10. The first-order valence-corrected chi connectivity index (χ1v) is 10.4. The van der Waals surface area contributed by atoms with Gasteiger partial charge in [-0.1, -0.05) is 41.9 Å². The number of furan rings is 1. The summed E-state index contributed by atoms with van der Waals surface area (Å²) in [6, 6.07) is 18.6. The fraction of sp³-hybridized carbons (Fsp3) is 0. The van der Waals surface area contributed by atoms with Crippen molar-refractivity contribution < 1.29 is 22.8 Å². The number of nitrogens with one attached hydrogen (secondary N) is 2. The molecule has 0 aliphatic carbocycles. The average molecular weight is 477 g/mol. The monoisotopic (exact) mass is 476 g/mol. The highest BCUT2D eigenvalue weighted by molar-refractivity contribution is 6.31. The van der Waals surface area contributed by atoms with E-state index in [-0.39, 0.29) is 27.7 Å². The molecule has 34 heavy (non-hydrogen) atoms. The lowest BCUT2D eigenvalue weighted by atomic mass is 10.1. The number of halogens is 2. The van der Waals surface area contributed by atoms with E-state index >= 15 is 0 Å². The minimum atomic E-state index is -0.823. The van der Waals surface area contributed by atoms with E-state index in [0.717, 1.165) is 6.07 Å². The van der Waals surface area contributed by atoms with Gasteiger partial charge in [0.15, 0.2) is 0 Å². The van der Waals surface area contributed by atoms with Crippen molar-refractivity contribution in [3.8, 4) is 0 Å². The van der Waals surface area contributed by atoms with E-state index in [1.165, 1.54) is 18.2 Å². The van der Waals surface area contributed by atoms with Gasteiger partial charge in [-0.3, -0.25) is 9.59 Å². The third-order valence-corrected chi connectivity index (χ3v) is 5.39. The summed E-state index contributed by atoms with van der Waals surface area (Å²) in [7, 11) is 0. The molecule has 9 heteroatoms. The fourth-order valence-electron chi connectivity index (χ4n) is 3.49. The van der Waals surface area contributed by atoms with Crippen LogP contribution in [-0.2, 0) is 0 Å². The van der Waals surface area contributed by atoms with Gasteiger partial charge in [0, 0.05) is 16.5 Å². The molecular weight excluding hydrogens is 463 g/mol. The molecule has 2 N–H and O–H groups in total. The molecule has 0 unspecified atom stereocenters. The van der Waals surface area contributed by atoms with Crippen molar-refractivity contribution in [2.24, 2.45) is 0 Å². The second-order valence-electron chi connectivity index (χ2n) is 7.32. The van der Waals surface area contributed by atoms with Crippen LogP contribution in [0, 0.1) is 5.82 Å². The highest BCUT2D eigenvalue weighted by Crippen LogP contribution is 2.32. The topological polar surface area (TPSA) is 102 Å². The van der Waals surface area contributed by atoms with E-state index in [9.17, 15) is 18.8 Å². The molecule has 2 amide bonds. The van der Waals surface area contributed by atoms with Gasteiger partial charge < -0.3 is 19.5 Å². The number of benzene rings is 3. The van der Waals surface area contributed by atoms with Crippen LogP contribution in [0.15, 0.2) is 86.4 Å². The highest BCUT2D eigenvalue weighted by Gasteiger charge is 2.24. The normalized spacial score (nSPS) is 11.0. The van der Waals surface area contributed by atoms with Crippen LogP contribution < -0.4 is 16.3 Å². The number of carbonyl (C=O) groups is 2. The van der Waals surface area contributed by atoms with Crippen molar-refractivity contribution in [2.45, 2.75) is 0 Å². The molecule has 0 atom stereocenters. The van der Waals surface area contributed by atoms with Crippen molar-refractivity contribution in [3.63, 3.8) is 0 Å². The van der Waals surface area contributed by atoms with Crippen molar-refractivity contribution >= 4 is 56.7 Å². The molecule has 0 spiro atoms. The fourth-order valence-corrected chi connectivity index (χ4v) is 3.67. The van der Waals surface area contributed by atoms with Gasteiger partial charge in [-0.05, 0) is 42.5 Å². The maximum absolute atomic E-state index is 13.5. The Morgan fingerprint density at radius 3 is 2.35 bits per heavy atom. The van der Waals surface area contributed by atoms with Crippen LogP contribution in [0.4, 0.5) is 15.8 Å². The average Bonchev–Trinajstić information content (AvgIpc) is 3.19. The lowest BCUT2D eigenvalue weighted by Gasteiger charge is -2.08. The number of hydrogen-bond acceptors (Lipinski definition) is 5. The summed E-state index contributed by atoms with van der Waals surface area (Å²) in [5, 5.41) is 6.01. The maximum Gasteiger partial charge on any atom is 0.349 e. The standard InChI is InChI=1S/C25H14ClFN2O5/c26-17-12-14(9-10-18(17)27)28-24(31)22-21(15-6-2-4-8-20(15)33-22)29-23(30)16-11-13-5-1-3-7-19(13)34-25(16)32/h1-12H,(H,28,31)(H,29,30). The first-order valence-electron chi connectivity index (χ1n) is 10.0. The molecule has 5 aromatic rings. The van der Waals surface area contributed by atoms with Crippen LogP contribution in [0.3, 0.4) is 0 Å². The Kier molecular flexibility index (Phi) is 5.35. The molecule has 0 saturated heterocycles. The van der Waals surface area contributed by atoms with Crippen molar-refractivity contribution in [1.29, 1.82) is 0 Å². The van der Waals surface area contributed by atoms with E-state index in [1.807, 2.05) is 0 Å². The van der Waals surface area contributed by atoms with Gasteiger partial charge in [-0.25, -0.2) is 9.18 Å². The van der Waals surface area contributed by atoms with E-state index < -0.39 is 23.3 Å². The molecule has 0 radical (unpaired) electrons. The van der Waals surface area contributed by atoms with E-state index in [1.54, 1.807) is 48.5 Å². The number of amides is 2. The number of anilines is 2. The van der Waals surface area contributed by atoms with Gasteiger partial charge in [0.05, 0.1) is 5.02 Å². The van der Waals surface area contributed by atoms with Gasteiger partial charge >= 0.3 is 5.63 Å². The summed E-state index contributed by atoms with van der Waals surface area (Å²) < 4.78 is 24.4. The van der Waals surface area contributed by atoms with Crippen molar-refractivity contribution in [2.75, 3.05) is 10.6 Å². The maximum atomic E-state index is 13.5. The molecule has 5 rings (SSSR count). The van der Waals surface area contributed by atoms with Gasteiger partial charge in [-0.2, -0.15) is 0 Å². The van der Waals surface area contributed by atoms with E-state index in [0.29, 0.717) is 21.9 Å². The predicted octanol–water partition coefficient (Wildman–Crippen LogP) is 5.84. The Balaban J connectivity index is 1.53. The van der Waals surface area contributed by atoms with Crippen LogP contribution in [0.2, 0.25) is 5.02 Å². The molecular formula is C25H14ClFN2O5. The molecule has 0 aliphatic heterocycles. The number of para-hydroxylation sites is 2. The van der Waals surface area contributed by atoms with Crippen LogP contribution >= 0.6 is 11.6 Å². The Bertz CT molecular complexity index is 1660. The summed E-state index contributed by atoms with van der Waals surface area (Å²) in [4.78, 5) is 38.4. The zero-order valence-corrected chi connectivity index (χ0v) is 18.0. The molecule has 3 aromatic carbocycles. The molecule has 0 fully saturated rings. The van der Waals surface area contributed by atoms with Crippen molar-refractivity contribution in [1.82, 2.24) is 0 Å². The summed E-state index contributed by atoms with van der Waals surface area (Å²) >= 11 is 5.79. The molecule has 0 saturated carbocycles. The summed E-state index contributed by atoms with van der Waals surface area (Å²) in [5.74, 6) is -2.32. The molecule has 2 heterocycles. The van der Waals surface area contributed by atoms with Crippen LogP contribution in [0.5, 0.6) is 0 Å². The molecule has 0 bridgehead atoms. The lowest BCUT2D eigenvalue weighted by molar-refractivity contribution is 0.0999. The highest BCUT2D eigenvalue weighted by atomic mass is 35.5. The number of hydrogen-bond donors (Lipinski definition) is 2. The van der Waals surface area contributed by atoms with Crippen LogP contribution in [-0.4, -0.2) is 11.8 Å². The van der Waals surface area contributed by atoms with Crippen LogP contribution in [0.25, 0.3) is 21.9 Å². The van der Waals surface area contributed by atoms with Gasteiger partial charge in [0.25, 0.3) is 11.8 Å². The first-order chi connectivity index (χ1) is 16.4. The van der Waals surface area contributed by atoms with Crippen molar-refractivity contribution in [3.05, 3.63) is 105 Å². The van der Waals surface area contributed by atoms with E-state index in [4.69, 9.17) is 20.4 Å². The predicted molar refractivity (Wildman–Crippen MR) is 126 cm³/mol. The van der Waals surface area contributed by atoms with Gasteiger partial charge in [0.1, 0.15) is 28.2 Å². The first kappa shape index (κ1) is 21.4. The number of fused-ring (bicyclic) bond motifs is 2. The second-order valence-corrected chi connectivity index (χ2v) is 7.73. The number of rotatable bonds is 4. The summed E-state index contributed by atoms with van der Waals surface area (Å²) in [6.07, 6.45) is 0. The Morgan fingerprint density at radius 1 is 0.824 bits per heavy atom. The Hall–Kier alpha value is -4.43. The Labute approximate surface area is 195 Å². The minimum absolute atomic E-state index is 0.0684. The summed E-state index contributed by atoms with van der Waals surface area (Å²) in [5.41, 5.74) is -0.0822. The quantitative estimate of drug-likeness (QED) is 0.317. The van der Waals surface area contributed by atoms with Gasteiger partial charge in [0.2, 0.25) is 5.76 Å². The smallest absolute Gasteiger partial charge is 0.349 e. The van der Waals surface area contributed by atoms with Gasteiger partial charge in [-0.15, -0.1) is 0 Å². The molecule has 2 aromatic heterocycles. The van der Waals surface area contributed by atoms with Crippen LogP contribution in [0.1, 0.15) is 20.9 Å². The largest absolute Gasteiger partial charge is 0.449 e. The third kappa shape index (κ3) is 3.91. The summed E-state index contributed by atoms with van der Waals surface area (Å²) in [6.45, 7) is 0. The van der Waals surface area contributed by atoms with E-state index in [2.05, 4.69) is 10.6 Å². The second kappa shape index (κ2) is 8.49. The zero-order valence-electron chi connectivity index (χ0n) is 17.2. The molecule has 0 aliphatic rings.